The fraction of sp³-hybridized carbons (Fsp3) is 0.292. The van der Waals surface area contributed by atoms with Crippen LogP contribution in [0.2, 0.25) is 0 Å². The number of nitrogens with zero attached hydrogens (tertiary/aromatic N) is 2. The van der Waals surface area contributed by atoms with Gasteiger partial charge in [-0.1, -0.05) is 36.4 Å². The molecular weight excluding hydrogens is 348 g/mol. The Kier molecular flexibility index (Phi) is 5.58. The Bertz CT molecular complexity index is 899. The molecular formula is C24H26N2O2. The molecule has 2 aromatic carbocycles. The van der Waals surface area contributed by atoms with Crippen molar-refractivity contribution < 1.29 is 9.47 Å². The third-order valence-corrected chi connectivity index (χ3v) is 5.50. The van der Waals surface area contributed by atoms with E-state index in [4.69, 9.17) is 9.47 Å². The largest absolute Gasteiger partial charge is 0.497 e. The average Bonchev–Trinajstić information content (AvgIpc) is 2.87. The van der Waals surface area contributed by atoms with Crippen LogP contribution >= 0.6 is 0 Å². The van der Waals surface area contributed by atoms with Crippen LogP contribution in [-0.2, 0) is 13.0 Å². The predicted octanol–water partition coefficient (Wildman–Crippen LogP) is 4.66. The zero-order chi connectivity index (χ0) is 19.3. The molecule has 0 saturated heterocycles. The lowest BCUT2D eigenvalue weighted by atomic mass is 10.00. The second-order valence-corrected chi connectivity index (χ2v) is 7.26. The number of rotatable bonds is 5. The van der Waals surface area contributed by atoms with E-state index in [9.17, 15) is 0 Å². The molecule has 0 aliphatic carbocycles. The maximum absolute atomic E-state index is 6.28. The van der Waals surface area contributed by atoms with Gasteiger partial charge in [-0.2, -0.15) is 0 Å². The molecule has 0 saturated carbocycles. The highest BCUT2D eigenvalue weighted by Gasteiger charge is 2.31. The number of hydrogen-bond acceptors (Lipinski definition) is 4. The Morgan fingerprint density at radius 2 is 1.82 bits per heavy atom. The highest BCUT2D eigenvalue weighted by atomic mass is 16.5. The zero-order valence-corrected chi connectivity index (χ0v) is 16.4. The van der Waals surface area contributed by atoms with Gasteiger partial charge in [0.05, 0.1) is 7.11 Å². The zero-order valence-electron chi connectivity index (χ0n) is 16.4. The molecule has 0 unspecified atom stereocenters. The van der Waals surface area contributed by atoms with Crippen LogP contribution in [-0.4, -0.2) is 29.6 Å². The maximum atomic E-state index is 6.28. The second-order valence-electron chi connectivity index (χ2n) is 7.26. The minimum Gasteiger partial charge on any atom is -0.497 e. The molecule has 1 aromatic heterocycles. The summed E-state index contributed by atoms with van der Waals surface area (Å²) in [6, 6.07) is 21.5. The molecule has 4 nitrogen and oxygen atoms in total. The standard InChI is InChI=1S/C24H26N2O2/c1-18-23-9-8-22(27-2)15-24(23)28-17-21(14-19-6-4-3-5-7-19)26(18)16-20-10-12-25-13-11-20/h3-13,15,18,21H,14,16-17H2,1-2H3/t18-,21+/m0/s1. The third-order valence-electron chi connectivity index (χ3n) is 5.50. The second kappa shape index (κ2) is 8.44. The number of pyridine rings is 1. The molecule has 0 fully saturated rings. The van der Waals surface area contributed by atoms with Crippen molar-refractivity contribution >= 4 is 0 Å². The van der Waals surface area contributed by atoms with E-state index in [1.807, 2.05) is 24.5 Å². The minimum absolute atomic E-state index is 0.227. The number of hydrogen-bond donors (Lipinski definition) is 0. The van der Waals surface area contributed by atoms with Crippen LogP contribution in [0.3, 0.4) is 0 Å². The first-order valence-electron chi connectivity index (χ1n) is 9.74. The first-order valence-corrected chi connectivity index (χ1v) is 9.74. The lowest BCUT2D eigenvalue weighted by Crippen LogP contribution is -2.40. The molecule has 0 amide bonds. The monoisotopic (exact) mass is 374 g/mol. The molecule has 1 aliphatic rings. The van der Waals surface area contributed by atoms with Gasteiger partial charge in [0.2, 0.25) is 0 Å². The smallest absolute Gasteiger partial charge is 0.127 e. The third kappa shape index (κ3) is 4.02. The predicted molar refractivity (Wildman–Crippen MR) is 111 cm³/mol. The Hall–Kier alpha value is -2.85. The molecule has 1 aliphatic heterocycles. The summed E-state index contributed by atoms with van der Waals surface area (Å²) in [4.78, 5) is 6.70. The lowest BCUT2D eigenvalue weighted by Gasteiger charge is -2.34. The number of ether oxygens (including phenoxy) is 2. The van der Waals surface area contributed by atoms with E-state index in [1.165, 1.54) is 16.7 Å². The van der Waals surface area contributed by atoms with Gasteiger partial charge >= 0.3 is 0 Å². The molecule has 0 spiro atoms. The molecule has 0 bridgehead atoms. The maximum Gasteiger partial charge on any atom is 0.127 e. The van der Waals surface area contributed by atoms with Gasteiger partial charge < -0.3 is 9.47 Å². The Morgan fingerprint density at radius 1 is 1.04 bits per heavy atom. The number of aromatic nitrogens is 1. The quantitative estimate of drug-likeness (QED) is 0.651. The first-order chi connectivity index (χ1) is 13.7. The summed E-state index contributed by atoms with van der Waals surface area (Å²) < 4.78 is 11.7. The van der Waals surface area contributed by atoms with Crippen LogP contribution < -0.4 is 9.47 Å². The van der Waals surface area contributed by atoms with Crippen LogP contribution in [0.25, 0.3) is 0 Å². The Labute approximate surface area is 166 Å². The Morgan fingerprint density at radius 3 is 2.57 bits per heavy atom. The van der Waals surface area contributed by atoms with Crippen molar-refractivity contribution in [3.05, 3.63) is 89.7 Å². The van der Waals surface area contributed by atoms with Crippen LogP contribution in [0.15, 0.2) is 73.1 Å². The summed E-state index contributed by atoms with van der Waals surface area (Å²) in [5.74, 6) is 1.75. The lowest BCUT2D eigenvalue weighted by molar-refractivity contribution is 0.108. The molecule has 4 heteroatoms. The normalized spacial score (nSPS) is 19.4. The van der Waals surface area contributed by atoms with E-state index in [1.54, 1.807) is 7.11 Å². The summed E-state index contributed by atoms with van der Waals surface area (Å²) in [6.45, 7) is 3.76. The fourth-order valence-electron chi connectivity index (χ4n) is 3.92. The van der Waals surface area contributed by atoms with Gasteiger partial charge in [0, 0.05) is 42.7 Å². The molecule has 4 rings (SSSR count). The van der Waals surface area contributed by atoms with Gasteiger partial charge in [-0.3, -0.25) is 9.88 Å². The van der Waals surface area contributed by atoms with Crippen molar-refractivity contribution in [2.75, 3.05) is 13.7 Å². The van der Waals surface area contributed by atoms with E-state index < -0.39 is 0 Å². The molecule has 0 radical (unpaired) electrons. The van der Waals surface area contributed by atoms with Crippen molar-refractivity contribution in [2.24, 2.45) is 0 Å². The van der Waals surface area contributed by atoms with E-state index in [2.05, 4.69) is 65.3 Å². The molecule has 144 valence electrons. The van der Waals surface area contributed by atoms with Crippen LogP contribution in [0.1, 0.15) is 29.7 Å². The molecule has 0 N–H and O–H groups in total. The molecule has 2 atom stereocenters. The van der Waals surface area contributed by atoms with E-state index in [0.717, 1.165) is 24.5 Å². The fourth-order valence-corrected chi connectivity index (χ4v) is 3.92. The van der Waals surface area contributed by atoms with Crippen LogP contribution in [0, 0.1) is 0 Å². The van der Waals surface area contributed by atoms with Gasteiger partial charge in [-0.15, -0.1) is 0 Å². The highest BCUT2D eigenvalue weighted by molar-refractivity contribution is 5.43. The van der Waals surface area contributed by atoms with Gasteiger partial charge in [0.15, 0.2) is 0 Å². The summed E-state index contributed by atoms with van der Waals surface area (Å²) in [5.41, 5.74) is 3.79. The number of fused-ring (bicyclic) bond motifs is 1. The Balaban J connectivity index is 1.67. The molecule has 2 heterocycles. The van der Waals surface area contributed by atoms with Crippen molar-refractivity contribution in [1.29, 1.82) is 0 Å². The molecule has 28 heavy (non-hydrogen) atoms. The summed E-state index contributed by atoms with van der Waals surface area (Å²) in [6.07, 6.45) is 4.67. The topological polar surface area (TPSA) is 34.6 Å². The van der Waals surface area contributed by atoms with E-state index in [-0.39, 0.29) is 12.1 Å². The van der Waals surface area contributed by atoms with Gasteiger partial charge in [-0.05, 0) is 42.7 Å². The average molecular weight is 374 g/mol. The van der Waals surface area contributed by atoms with Crippen molar-refractivity contribution in [3.63, 3.8) is 0 Å². The van der Waals surface area contributed by atoms with E-state index in [0.29, 0.717) is 6.61 Å². The van der Waals surface area contributed by atoms with Crippen LogP contribution in [0.5, 0.6) is 11.5 Å². The summed E-state index contributed by atoms with van der Waals surface area (Å²) in [5, 5.41) is 0. The number of benzene rings is 2. The minimum atomic E-state index is 0.227. The number of methoxy groups -OCH3 is 1. The summed E-state index contributed by atoms with van der Waals surface area (Å²) in [7, 11) is 1.69. The van der Waals surface area contributed by atoms with Gasteiger partial charge in [0.25, 0.3) is 0 Å². The van der Waals surface area contributed by atoms with Crippen molar-refractivity contribution in [1.82, 2.24) is 9.88 Å². The van der Waals surface area contributed by atoms with Gasteiger partial charge in [-0.25, -0.2) is 0 Å². The van der Waals surface area contributed by atoms with Crippen molar-refractivity contribution in [2.45, 2.75) is 32.0 Å². The molecule has 3 aromatic rings. The van der Waals surface area contributed by atoms with E-state index >= 15 is 0 Å². The highest BCUT2D eigenvalue weighted by Crippen LogP contribution is 2.37. The van der Waals surface area contributed by atoms with Gasteiger partial charge in [0.1, 0.15) is 18.1 Å². The van der Waals surface area contributed by atoms with Crippen molar-refractivity contribution in [3.8, 4) is 11.5 Å². The van der Waals surface area contributed by atoms with Crippen LogP contribution in [0.4, 0.5) is 0 Å². The first kappa shape index (κ1) is 18.5. The summed E-state index contributed by atoms with van der Waals surface area (Å²) >= 11 is 0. The SMILES string of the molecule is COc1ccc2c(c1)OC[C@@H](Cc1ccccc1)N(Cc1ccncc1)[C@H]2C.